The lowest BCUT2D eigenvalue weighted by Crippen LogP contribution is -2.44. The van der Waals surface area contributed by atoms with E-state index in [1.165, 1.54) is 0 Å². The quantitative estimate of drug-likeness (QED) is 0.876. The summed E-state index contributed by atoms with van der Waals surface area (Å²) in [6, 6.07) is 5.63. The number of nitrogens with zero attached hydrogens (tertiary/aromatic N) is 1. The first kappa shape index (κ1) is 16.4. The molecule has 0 aromatic heterocycles. The second-order valence-electron chi connectivity index (χ2n) is 5.93. The Labute approximate surface area is 140 Å². The fourth-order valence-electron chi connectivity index (χ4n) is 2.91. The molecule has 1 fully saturated rings. The van der Waals surface area contributed by atoms with E-state index >= 15 is 0 Å². The molecule has 1 aromatic rings. The zero-order valence-electron chi connectivity index (χ0n) is 13.7. The molecule has 0 bridgehead atoms. The molecule has 3 rings (SSSR count). The van der Waals surface area contributed by atoms with Crippen molar-refractivity contribution in [1.82, 2.24) is 10.2 Å². The molecule has 24 heavy (non-hydrogen) atoms. The Balaban J connectivity index is 1.48. The smallest absolute Gasteiger partial charge is 0.409 e. The molecule has 0 spiro atoms. The van der Waals surface area contributed by atoms with Crippen molar-refractivity contribution >= 4 is 12.0 Å². The Morgan fingerprint density at radius 3 is 3.08 bits per heavy atom. The molecule has 1 aromatic carbocycles. The Morgan fingerprint density at radius 2 is 2.29 bits per heavy atom. The van der Waals surface area contributed by atoms with Crippen molar-refractivity contribution in [3.63, 3.8) is 0 Å². The lowest BCUT2D eigenvalue weighted by atomic mass is 9.96. The molecule has 7 heteroatoms. The van der Waals surface area contributed by atoms with Crippen LogP contribution in [0, 0.1) is 5.92 Å². The monoisotopic (exact) mass is 334 g/mol. The fraction of sp³-hybridized carbons (Fsp3) is 0.529. The molecule has 0 radical (unpaired) electrons. The summed E-state index contributed by atoms with van der Waals surface area (Å²) < 4.78 is 15.8. The second kappa shape index (κ2) is 7.42. The maximum absolute atomic E-state index is 12.3. The Bertz CT molecular complexity index is 619. The van der Waals surface area contributed by atoms with Crippen LogP contribution in [0.5, 0.6) is 11.5 Å². The Hall–Kier alpha value is -2.44. The highest BCUT2D eigenvalue weighted by Gasteiger charge is 2.26. The van der Waals surface area contributed by atoms with E-state index < -0.39 is 0 Å². The number of cyclic esters (lactones) is 1. The van der Waals surface area contributed by atoms with Crippen molar-refractivity contribution in [2.45, 2.75) is 12.8 Å². The summed E-state index contributed by atoms with van der Waals surface area (Å²) in [4.78, 5) is 25.4. The summed E-state index contributed by atoms with van der Waals surface area (Å²) in [6.07, 6.45) is 1.16. The lowest BCUT2D eigenvalue weighted by Gasteiger charge is -2.27. The van der Waals surface area contributed by atoms with Gasteiger partial charge in [-0.15, -0.1) is 0 Å². The number of carbonyl (C=O) groups is 2. The molecule has 130 valence electrons. The normalized spacial score (nSPS) is 19.8. The third-order valence-electron chi connectivity index (χ3n) is 4.29. The summed E-state index contributed by atoms with van der Waals surface area (Å²) in [7, 11) is 1.61. The van der Waals surface area contributed by atoms with Crippen LogP contribution in [0.1, 0.15) is 12.0 Å². The summed E-state index contributed by atoms with van der Waals surface area (Å²) in [5, 5.41) is 2.88. The van der Waals surface area contributed by atoms with Crippen molar-refractivity contribution < 1.29 is 23.8 Å². The Morgan fingerprint density at radius 1 is 1.42 bits per heavy atom. The number of benzene rings is 1. The van der Waals surface area contributed by atoms with E-state index in [1.807, 2.05) is 18.2 Å². The number of hydrogen-bond donors (Lipinski definition) is 1. The van der Waals surface area contributed by atoms with Gasteiger partial charge in [-0.05, 0) is 24.5 Å². The van der Waals surface area contributed by atoms with Crippen LogP contribution in [0.4, 0.5) is 4.79 Å². The minimum absolute atomic E-state index is 0.0538. The molecule has 7 nitrogen and oxygen atoms in total. The van der Waals surface area contributed by atoms with Crippen LogP contribution in [0.15, 0.2) is 18.2 Å². The maximum Gasteiger partial charge on any atom is 0.409 e. The van der Waals surface area contributed by atoms with Gasteiger partial charge in [0.05, 0.1) is 19.6 Å². The minimum Gasteiger partial charge on any atom is -0.497 e. The summed E-state index contributed by atoms with van der Waals surface area (Å²) >= 11 is 0. The highest BCUT2D eigenvalue weighted by Crippen LogP contribution is 2.30. The van der Waals surface area contributed by atoms with E-state index in [4.69, 9.17) is 14.2 Å². The van der Waals surface area contributed by atoms with Gasteiger partial charge in [0.15, 0.2) is 0 Å². The highest BCUT2D eigenvalue weighted by molar-refractivity contribution is 5.79. The zero-order chi connectivity index (χ0) is 16.9. The topological polar surface area (TPSA) is 77.1 Å². The molecule has 1 N–H and O–H groups in total. The molecule has 0 unspecified atom stereocenters. The largest absolute Gasteiger partial charge is 0.497 e. The van der Waals surface area contributed by atoms with Crippen molar-refractivity contribution in [2.24, 2.45) is 5.92 Å². The predicted molar refractivity (Wildman–Crippen MR) is 86.2 cm³/mol. The van der Waals surface area contributed by atoms with Gasteiger partial charge in [0.2, 0.25) is 5.91 Å². The average Bonchev–Trinajstić information content (AvgIpc) is 2.62. The number of nitrogens with one attached hydrogen (secondary N) is 1. The molecule has 1 saturated heterocycles. The molecule has 0 saturated carbocycles. The van der Waals surface area contributed by atoms with Gasteiger partial charge < -0.3 is 24.4 Å². The summed E-state index contributed by atoms with van der Waals surface area (Å²) in [6.45, 7) is 2.38. The van der Waals surface area contributed by atoms with Gasteiger partial charge in [0, 0.05) is 25.7 Å². The van der Waals surface area contributed by atoms with Gasteiger partial charge in [-0.1, -0.05) is 6.07 Å². The molecule has 2 aliphatic rings. The van der Waals surface area contributed by atoms with Gasteiger partial charge in [0.25, 0.3) is 0 Å². The van der Waals surface area contributed by atoms with Crippen LogP contribution in [0.25, 0.3) is 0 Å². The zero-order valence-corrected chi connectivity index (χ0v) is 13.7. The fourth-order valence-corrected chi connectivity index (χ4v) is 2.91. The van der Waals surface area contributed by atoms with Crippen molar-refractivity contribution in [2.75, 3.05) is 40.0 Å². The van der Waals surface area contributed by atoms with Gasteiger partial charge in [-0.2, -0.15) is 0 Å². The van der Waals surface area contributed by atoms with Crippen LogP contribution in [-0.4, -0.2) is 56.9 Å². The van der Waals surface area contributed by atoms with Crippen LogP contribution in [0.3, 0.4) is 0 Å². The number of rotatable bonds is 5. The first-order valence-electron chi connectivity index (χ1n) is 8.16. The number of hydrogen-bond acceptors (Lipinski definition) is 5. The van der Waals surface area contributed by atoms with Gasteiger partial charge in [-0.25, -0.2) is 4.79 Å². The average molecular weight is 334 g/mol. The number of ether oxygens (including phenoxy) is 3. The van der Waals surface area contributed by atoms with E-state index in [0.717, 1.165) is 23.5 Å². The molecule has 1 atom stereocenters. The Kier molecular flexibility index (Phi) is 5.08. The van der Waals surface area contributed by atoms with Gasteiger partial charge >= 0.3 is 6.09 Å². The van der Waals surface area contributed by atoms with Gasteiger partial charge in [-0.3, -0.25) is 4.79 Å². The first-order valence-corrected chi connectivity index (χ1v) is 8.16. The first-order chi connectivity index (χ1) is 11.7. The van der Waals surface area contributed by atoms with E-state index in [1.54, 1.807) is 12.0 Å². The summed E-state index contributed by atoms with van der Waals surface area (Å²) in [5.41, 5.74) is 1.00. The lowest BCUT2D eigenvalue weighted by molar-refractivity contribution is -0.126. The standard InChI is InChI=1S/C17H22N2O5/c1-22-14-4-3-12-9-13(11-24-15(12)10-14)16(20)18-5-7-19-6-2-8-23-17(19)21/h3-4,10,13H,2,5-9,11H2,1H3,(H,18,20)/t13-/m0/s1. The molecule has 2 amide bonds. The SMILES string of the molecule is COc1ccc2c(c1)OC[C@@H](C(=O)NCCN1CCCOC1=O)C2. The maximum atomic E-state index is 12.3. The summed E-state index contributed by atoms with van der Waals surface area (Å²) in [5.74, 6) is 1.24. The third kappa shape index (κ3) is 3.72. The van der Waals surface area contributed by atoms with Gasteiger partial charge in [0.1, 0.15) is 18.1 Å². The molecular weight excluding hydrogens is 312 g/mol. The van der Waals surface area contributed by atoms with Crippen LogP contribution in [0.2, 0.25) is 0 Å². The highest BCUT2D eigenvalue weighted by atomic mass is 16.6. The minimum atomic E-state index is -0.306. The van der Waals surface area contributed by atoms with E-state index in [0.29, 0.717) is 39.3 Å². The number of fused-ring (bicyclic) bond motifs is 1. The number of carbonyl (C=O) groups excluding carboxylic acids is 2. The molecular formula is C17H22N2O5. The third-order valence-corrected chi connectivity index (χ3v) is 4.29. The van der Waals surface area contributed by atoms with E-state index in [9.17, 15) is 9.59 Å². The van der Waals surface area contributed by atoms with Crippen LogP contribution >= 0.6 is 0 Å². The van der Waals surface area contributed by atoms with Crippen LogP contribution in [-0.2, 0) is 16.0 Å². The second-order valence-corrected chi connectivity index (χ2v) is 5.93. The molecule has 0 aliphatic carbocycles. The van der Waals surface area contributed by atoms with Crippen molar-refractivity contribution in [3.05, 3.63) is 23.8 Å². The van der Waals surface area contributed by atoms with Crippen LogP contribution < -0.4 is 14.8 Å². The molecule has 2 heterocycles. The van der Waals surface area contributed by atoms with Crippen molar-refractivity contribution in [3.8, 4) is 11.5 Å². The number of amides is 2. The predicted octanol–water partition coefficient (Wildman–Crippen LogP) is 1.20. The van der Waals surface area contributed by atoms with E-state index in [-0.39, 0.29) is 17.9 Å². The molecule has 2 aliphatic heterocycles. The van der Waals surface area contributed by atoms with Crippen molar-refractivity contribution in [1.29, 1.82) is 0 Å². The van der Waals surface area contributed by atoms with E-state index in [2.05, 4.69) is 5.32 Å². The number of methoxy groups -OCH3 is 1.